The molecule has 28 heavy (non-hydrogen) atoms. The molecule has 0 aliphatic rings. The van der Waals surface area contributed by atoms with Gasteiger partial charge in [-0.15, -0.1) is 0 Å². The van der Waals surface area contributed by atoms with E-state index in [0.29, 0.717) is 22.8 Å². The van der Waals surface area contributed by atoms with Crippen molar-refractivity contribution in [2.24, 2.45) is 4.99 Å². The van der Waals surface area contributed by atoms with Gasteiger partial charge in [-0.1, -0.05) is 17.4 Å². The molecule has 3 rings (SSSR count). The number of nitrogens with zero attached hydrogens (tertiary/aromatic N) is 2. The lowest BCUT2D eigenvalue weighted by atomic mass is 10.1. The van der Waals surface area contributed by atoms with Crippen LogP contribution in [0.5, 0.6) is 11.5 Å². The Morgan fingerprint density at radius 3 is 2.43 bits per heavy atom. The van der Waals surface area contributed by atoms with Crippen molar-refractivity contribution in [2.45, 2.75) is 19.6 Å². The highest BCUT2D eigenvalue weighted by Crippen LogP contribution is 2.33. The van der Waals surface area contributed by atoms with Crippen LogP contribution in [-0.4, -0.2) is 24.7 Å². The van der Waals surface area contributed by atoms with Crippen LogP contribution in [0.1, 0.15) is 22.8 Å². The van der Waals surface area contributed by atoms with Crippen LogP contribution < -0.4 is 14.3 Å². The molecular formula is C19H17F3N2O3S. The van der Waals surface area contributed by atoms with Gasteiger partial charge in [0, 0.05) is 24.2 Å². The van der Waals surface area contributed by atoms with Crippen LogP contribution in [0.2, 0.25) is 0 Å². The van der Waals surface area contributed by atoms with Gasteiger partial charge in [-0.2, -0.15) is 18.2 Å². The van der Waals surface area contributed by atoms with Crippen molar-refractivity contribution in [1.29, 1.82) is 0 Å². The predicted octanol–water partition coefficient (Wildman–Crippen LogP) is 4.50. The summed E-state index contributed by atoms with van der Waals surface area (Å²) in [7, 11) is 3.04. The van der Waals surface area contributed by atoms with E-state index in [4.69, 9.17) is 9.47 Å². The van der Waals surface area contributed by atoms with Gasteiger partial charge >= 0.3 is 6.18 Å². The predicted molar refractivity (Wildman–Crippen MR) is 99.9 cm³/mol. The summed E-state index contributed by atoms with van der Waals surface area (Å²) >= 11 is 1.25. The molecule has 0 radical (unpaired) electrons. The summed E-state index contributed by atoms with van der Waals surface area (Å²) in [6.45, 7) is 2.40. The number of aryl methyl sites for hydroxylation is 1. The zero-order valence-electron chi connectivity index (χ0n) is 15.3. The molecule has 0 saturated carbocycles. The Morgan fingerprint density at radius 1 is 1.14 bits per heavy atom. The third-order valence-electron chi connectivity index (χ3n) is 4.14. The number of rotatable bonds is 4. The Balaban J connectivity index is 2.12. The molecule has 0 aliphatic heterocycles. The van der Waals surface area contributed by atoms with Crippen LogP contribution in [0, 0.1) is 0 Å². The quantitative estimate of drug-likeness (QED) is 0.636. The third kappa shape index (κ3) is 3.75. The average Bonchev–Trinajstić information content (AvgIpc) is 3.01. The second kappa shape index (κ2) is 7.67. The molecular weight excluding hydrogens is 393 g/mol. The van der Waals surface area contributed by atoms with Crippen molar-refractivity contribution >= 4 is 27.5 Å². The van der Waals surface area contributed by atoms with E-state index < -0.39 is 17.6 Å². The van der Waals surface area contributed by atoms with Crippen molar-refractivity contribution in [3.8, 4) is 11.5 Å². The zero-order chi connectivity index (χ0) is 20.5. The Kier molecular flexibility index (Phi) is 5.46. The topological polar surface area (TPSA) is 52.8 Å². The fourth-order valence-electron chi connectivity index (χ4n) is 2.77. The number of methoxy groups -OCH3 is 2. The van der Waals surface area contributed by atoms with Crippen molar-refractivity contribution in [2.75, 3.05) is 14.2 Å². The third-order valence-corrected chi connectivity index (χ3v) is 5.18. The van der Waals surface area contributed by atoms with Crippen LogP contribution in [0.25, 0.3) is 10.2 Å². The molecule has 0 bridgehead atoms. The first-order chi connectivity index (χ1) is 13.3. The first kappa shape index (κ1) is 19.9. The number of carbonyl (C=O) groups excluding carboxylic acids is 1. The van der Waals surface area contributed by atoms with Gasteiger partial charge in [0.1, 0.15) is 0 Å². The Labute approximate surface area is 162 Å². The van der Waals surface area contributed by atoms with E-state index in [0.717, 1.165) is 22.3 Å². The summed E-state index contributed by atoms with van der Waals surface area (Å²) < 4.78 is 51.9. The molecule has 0 atom stereocenters. The van der Waals surface area contributed by atoms with Gasteiger partial charge in [0.05, 0.1) is 30.0 Å². The Bertz CT molecular complexity index is 1100. The monoisotopic (exact) mass is 410 g/mol. The molecule has 0 unspecified atom stereocenters. The summed E-state index contributed by atoms with van der Waals surface area (Å²) in [6, 6.07) is 7.79. The molecule has 0 saturated heterocycles. The maximum atomic E-state index is 12.9. The zero-order valence-corrected chi connectivity index (χ0v) is 16.1. The van der Waals surface area contributed by atoms with E-state index in [1.54, 1.807) is 16.7 Å². The molecule has 1 heterocycles. The summed E-state index contributed by atoms with van der Waals surface area (Å²) in [5.74, 6) is 0.333. The Morgan fingerprint density at radius 2 is 1.82 bits per heavy atom. The maximum absolute atomic E-state index is 12.9. The molecule has 2 aromatic carbocycles. The number of aromatic nitrogens is 1. The second-order valence-corrected chi connectivity index (χ2v) is 6.81. The first-order valence-corrected chi connectivity index (χ1v) is 9.11. The van der Waals surface area contributed by atoms with E-state index in [9.17, 15) is 18.0 Å². The fraction of sp³-hybridized carbons (Fsp3) is 0.263. The number of thiazole rings is 1. The van der Waals surface area contributed by atoms with Crippen molar-refractivity contribution in [1.82, 2.24) is 4.57 Å². The largest absolute Gasteiger partial charge is 0.493 e. The molecule has 5 nitrogen and oxygen atoms in total. The lowest BCUT2D eigenvalue weighted by molar-refractivity contribution is -0.137. The number of hydrogen-bond donors (Lipinski definition) is 0. The molecule has 0 aliphatic carbocycles. The number of alkyl halides is 3. The molecule has 0 spiro atoms. The van der Waals surface area contributed by atoms with Gasteiger partial charge in [0.25, 0.3) is 5.91 Å². The maximum Gasteiger partial charge on any atom is 0.416 e. The van der Waals surface area contributed by atoms with Crippen LogP contribution >= 0.6 is 11.3 Å². The number of fused-ring (bicyclic) bond motifs is 1. The van der Waals surface area contributed by atoms with Crippen LogP contribution in [0.4, 0.5) is 13.2 Å². The summed E-state index contributed by atoms with van der Waals surface area (Å²) in [6.07, 6.45) is -4.52. The van der Waals surface area contributed by atoms with Gasteiger partial charge in [0.2, 0.25) is 0 Å². The van der Waals surface area contributed by atoms with Gasteiger partial charge < -0.3 is 14.0 Å². The SMILES string of the molecule is CCn1c(=NC(=O)c2cccc(C(F)(F)F)c2)sc2cc(OC)c(OC)cc21. The smallest absolute Gasteiger partial charge is 0.416 e. The minimum absolute atomic E-state index is 0.120. The van der Waals surface area contributed by atoms with Gasteiger partial charge in [-0.05, 0) is 25.1 Å². The lowest BCUT2D eigenvalue weighted by Crippen LogP contribution is -2.16. The summed E-state index contributed by atoms with van der Waals surface area (Å²) in [5.41, 5.74) is -0.214. The highest BCUT2D eigenvalue weighted by molar-refractivity contribution is 7.16. The standard InChI is InChI=1S/C19H17F3N2O3S/c1-4-24-13-9-14(26-2)15(27-3)10-16(13)28-18(24)23-17(25)11-6-5-7-12(8-11)19(20,21)22/h5-10H,4H2,1-3H3. The average molecular weight is 410 g/mol. The minimum atomic E-state index is -4.52. The molecule has 3 aromatic rings. The minimum Gasteiger partial charge on any atom is -0.493 e. The Hall–Kier alpha value is -2.81. The van der Waals surface area contributed by atoms with E-state index >= 15 is 0 Å². The molecule has 1 amide bonds. The number of benzene rings is 2. The van der Waals surface area contributed by atoms with E-state index in [1.165, 1.54) is 37.7 Å². The number of hydrogen-bond acceptors (Lipinski definition) is 4. The van der Waals surface area contributed by atoms with Crippen molar-refractivity contribution in [3.63, 3.8) is 0 Å². The molecule has 1 aromatic heterocycles. The number of halogens is 3. The molecule has 0 N–H and O–H groups in total. The first-order valence-electron chi connectivity index (χ1n) is 8.30. The van der Waals surface area contributed by atoms with E-state index in [2.05, 4.69) is 4.99 Å². The van der Waals surface area contributed by atoms with E-state index in [-0.39, 0.29) is 5.56 Å². The molecule has 0 fully saturated rings. The number of amides is 1. The van der Waals surface area contributed by atoms with Crippen LogP contribution in [-0.2, 0) is 12.7 Å². The normalized spacial score (nSPS) is 12.4. The highest BCUT2D eigenvalue weighted by atomic mass is 32.1. The van der Waals surface area contributed by atoms with Gasteiger partial charge in [0.15, 0.2) is 16.3 Å². The fourth-order valence-corrected chi connectivity index (χ4v) is 3.87. The lowest BCUT2D eigenvalue weighted by Gasteiger charge is -2.08. The second-order valence-electron chi connectivity index (χ2n) is 5.80. The highest BCUT2D eigenvalue weighted by Gasteiger charge is 2.30. The van der Waals surface area contributed by atoms with Crippen molar-refractivity contribution in [3.05, 3.63) is 52.3 Å². The van der Waals surface area contributed by atoms with E-state index in [1.807, 2.05) is 6.92 Å². The number of carbonyl (C=O) groups is 1. The van der Waals surface area contributed by atoms with Crippen molar-refractivity contribution < 1.29 is 27.4 Å². The number of ether oxygens (including phenoxy) is 2. The summed E-state index contributed by atoms with van der Waals surface area (Å²) in [4.78, 5) is 16.9. The van der Waals surface area contributed by atoms with Gasteiger partial charge in [-0.3, -0.25) is 4.79 Å². The molecule has 9 heteroatoms. The van der Waals surface area contributed by atoms with Gasteiger partial charge in [-0.25, -0.2) is 0 Å². The summed E-state index contributed by atoms with van der Waals surface area (Å²) in [5, 5.41) is 0. The van der Waals surface area contributed by atoms with Crippen LogP contribution in [0.15, 0.2) is 41.4 Å². The van der Waals surface area contributed by atoms with Crippen LogP contribution in [0.3, 0.4) is 0 Å². The molecule has 148 valence electrons.